The van der Waals surface area contributed by atoms with Crippen LogP contribution in [0.5, 0.6) is 5.88 Å². The maximum absolute atomic E-state index is 14.0. The van der Waals surface area contributed by atoms with Gasteiger partial charge in [0.05, 0.1) is 13.2 Å². The van der Waals surface area contributed by atoms with Crippen LogP contribution in [0.2, 0.25) is 0 Å². The van der Waals surface area contributed by atoms with Gasteiger partial charge in [0, 0.05) is 11.5 Å². The molecule has 0 fully saturated rings. The number of carbonyl (C=O) groups is 1. The molecule has 0 amide bonds. The lowest BCUT2D eigenvalue weighted by atomic mass is 10.0. The molecule has 0 saturated heterocycles. The van der Waals surface area contributed by atoms with Crippen LogP contribution < -0.4 is 4.74 Å². The van der Waals surface area contributed by atoms with Crippen molar-refractivity contribution in [3.63, 3.8) is 0 Å². The van der Waals surface area contributed by atoms with Gasteiger partial charge in [0.1, 0.15) is 17.1 Å². The zero-order valence-electron chi connectivity index (χ0n) is 12.3. The number of aromatic carboxylic acids is 1. The van der Waals surface area contributed by atoms with Crippen molar-refractivity contribution in [2.24, 2.45) is 5.92 Å². The number of aromatic nitrogens is 2. The summed E-state index contributed by atoms with van der Waals surface area (Å²) < 4.78 is 21.2. The van der Waals surface area contributed by atoms with E-state index in [0.717, 1.165) is 12.8 Å². The fraction of sp³-hybridized carbons (Fsp3) is 0.375. The Morgan fingerprint density at radius 1 is 1.50 bits per heavy atom. The topological polar surface area (TPSA) is 64.3 Å². The summed E-state index contributed by atoms with van der Waals surface area (Å²) in [6, 6.07) is 6.03. The minimum atomic E-state index is -1.16. The molecule has 2 heterocycles. The third kappa shape index (κ3) is 2.45. The zero-order chi connectivity index (χ0) is 15.7. The van der Waals surface area contributed by atoms with Crippen LogP contribution >= 0.6 is 0 Å². The lowest BCUT2D eigenvalue weighted by molar-refractivity contribution is 0.0686. The van der Waals surface area contributed by atoms with E-state index in [9.17, 15) is 14.3 Å². The second-order valence-electron chi connectivity index (χ2n) is 5.46. The van der Waals surface area contributed by atoms with Crippen LogP contribution in [0.4, 0.5) is 4.39 Å². The maximum Gasteiger partial charge on any atom is 0.343 e. The number of rotatable bonds is 4. The van der Waals surface area contributed by atoms with Crippen LogP contribution in [0.15, 0.2) is 24.3 Å². The first-order valence-corrected chi connectivity index (χ1v) is 7.33. The van der Waals surface area contributed by atoms with Crippen LogP contribution in [0.25, 0.3) is 11.3 Å². The van der Waals surface area contributed by atoms with Crippen LogP contribution in [-0.4, -0.2) is 27.5 Å². The quantitative estimate of drug-likeness (QED) is 0.942. The highest BCUT2D eigenvalue weighted by Gasteiger charge is 2.31. The second-order valence-corrected chi connectivity index (χ2v) is 5.46. The summed E-state index contributed by atoms with van der Waals surface area (Å²) >= 11 is 0. The molecule has 116 valence electrons. The Morgan fingerprint density at radius 3 is 2.95 bits per heavy atom. The predicted molar refractivity (Wildman–Crippen MR) is 78.5 cm³/mol. The summed E-state index contributed by atoms with van der Waals surface area (Å²) in [6.07, 6.45) is 2.01. The minimum Gasteiger partial charge on any atom is -0.477 e. The summed E-state index contributed by atoms with van der Waals surface area (Å²) in [4.78, 5) is 11.6. The van der Waals surface area contributed by atoms with Crippen LogP contribution in [0, 0.1) is 11.7 Å². The summed E-state index contributed by atoms with van der Waals surface area (Å²) in [7, 11) is 0. The molecule has 0 aliphatic carbocycles. The van der Waals surface area contributed by atoms with Gasteiger partial charge in [-0.2, -0.15) is 5.10 Å². The van der Waals surface area contributed by atoms with Crippen LogP contribution in [0.3, 0.4) is 0 Å². The number of hydrogen-bond acceptors (Lipinski definition) is 3. The number of ether oxygens (including phenoxy) is 1. The van der Waals surface area contributed by atoms with Gasteiger partial charge in [0.25, 0.3) is 0 Å². The molecule has 0 saturated carbocycles. The molecular formula is C16H17FN2O3. The molecule has 1 atom stereocenters. The van der Waals surface area contributed by atoms with E-state index in [-0.39, 0.29) is 22.7 Å². The summed E-state index contributed by atoms with van der Waals surface area (Å²) in [5.41, 5.74) is 0.232. The largest absolute Gasteiger partial charge is 0.477 e. The first-order valence-electron chi connectivity index (χ1n) is 7.33. The average Bonchev–Trinajstić information content (AvgIpc) is 2.86. The van der Waals surface area contributed by atoms with Gasteiger partial charge >= 0.3 is 5.97 Å². The summed E-state index contributed by atoms with van der Waals surface area (Å²) in [5.74, 6) is -1.13. The molecule has 22 heavy (non-hydrogen) atoms. The molecule has 1 aliphatic heterocycles. The van der Waals surface area contributed by atoms with E-state index in [1.54, 1.807) is 16.8 Å². The smallest absolute Gasteiger partial charge is 0.343 e. The maximum atomic E-state index is 14.0. The molecule has 1 N–H and O–H groups in total. The van der Waals surface area contributed by atoms with Gasteiger partial charge < -0.3 is 9.84 Å². The molecule has 0 spiro atoms. The van der Waals surface area contributed by atoms with Crippen molar-refractivity contribution in [2.45, 2.75) is 26.3 Å². The Kier molecular flexibility index (Phi) is 3.83. The van der Waals surface area contributed by atoms with E-state index in [1.165, 1.54) is 12.1 Å². The Bertz CT molecular complexity index is 711. The fourth-order valence-corrected chi connectivity index (χ4v) is 2.83. The Hall–Kier alpha value is -2.37. The first-order chi connectivity index (χ1) is 10.6. The molecule has 1 aliphatic rings. The highest BCUT2D eigenvalue weighted by Crippen LogP contribution is 2.35. The van der Waals surface area contributed by atoms with Gasteiger partial charge in [-0.3, -0.25) is 0 Å². The normalized spacial score (nSPS) is 16.9. The van der Waals surface area contributed by atoms with Gasteiger partial charge in [-0.25, -0.2) is 13.9 Å². The zero-order valence-corrected chi connectivity index (χ0v) is 12.3. The molecule has 0 bridgehead atoms. The number of benzene rings is 1. The Morgan fingerprint density at radius 2 is 2.27 bits per heavy atom. The van der Waals surface area contributed by atoms with Crippen molar-refractivity contribution in [3.8, 4) is 17.1 Å². The number of carboxylic acid groups (broad SMARTS) is 1. The van der Waals surface area contributed by atoms with Crippen molar-refractivity contribution >= 4 is 5.97 Å². The summed E-state index contributed by atoms with van der Waals surface area (Å²) in [6.45, 7) is 3.15. The van der Waals surface area contributed by atoms with E-state index in [4.69, 9.17) is 4.74 Å². The molecule has 0 radical (unpaired) electrons. The van der Waals surface area contributed by atoms with Gasteiger partial charge in [-0.15, -0.1) is 0 Å². The molecule has 6 heteroatoms. The fourth-order valence-electron chi connectivity index (χ4n) is 2.83. The van der Waals surface area contributed by atoms with E-state index >= 15 is 0 Å². The SMILES string of the molecule is CCCC1COc2c(C(=O)O)c(-c3ccccc3F)nn2C1. The minimum absolute atomic E-state index is 0.0694. The van der Waals surface area contributed by atoms with E-state index < -0.39 is 11.8 Å². The highest BCUT2D eigenvalue weighted by molar-refractivity contribution is 5.97. The standard InChI is InChI=1S/C16H17FN2O3/c1-2-5-10-8-19-15(22-9-10)13(16(20)21)14(18-19)11-6-3-4-7-12(11)17/h3-4,6-7,10H,2,5,8-9H2,1H3,(H,20,21). The van der Waals surface area contributed by atoms with Gasteiger partial charge in [-0.05, 0) is 18.6 Å². The predicted octanol–water partition coefficient (Wildman–Crippen LogP) is 3.20. The third-order valence-corrected chi connectivity index (χ3v) is 3.83. The molecule has 2 aromatic rings. The molecule has 3 rings (SSSR count). The Labute approximate surface area is 127 Å². The van der Waals surface area contributed by atoms with Crippen LogP contribution in [-0.2, 0) is 6.54 Å². The van der Waals surface area contributed by atoms with Crippen molar-refractivity contribution in [1.82, 2.24) is 9.78 Å². The lowest BCUT2D eigenvalue weighted by Crippen LogP contribution is -2.26. The number of carboxylic acids is 1. The second kappa shape index (κ2) is 5.79. The monoisotopic (exact) mass is 304 g/mol. The molecule has 1 aromatic carbocycles. The third-order valence-electron chi connectivity index (χ3n) is 3.83. The van der Waals surface area contributed by atoms with E-state index in [0.29, 0.717) is 19.1 Å². The lowest BCUT2D eigenvalue weighted by Gasteiger charge is -2.23. The van der Waals surface area contributed by atoms with Gasteiger partial charge in [0.15, 0.2) is 0 Å². The van der Waals surface area contributed by atoms with Crippen molar-refractivity contribution in [3.05, 3.63) is 35.6 Å². The molecule has 5 nitrogen and oxygen atoms in total. The van der Waals surface area contributed by atoms with Gasteiger partial charge in [-0.1, -0.05) is 25.5 Å². The molecule has 1 aromatic heterocycles. The molecular weight excluding hydrogens is 287 g/mol. The number of halogens is 1. The van der Waals surface area contributed by atoms with E-state index in [2.05, 4.69) is 12.0 Å². The van der Waals surface area contributed by atoms with Crippen LogP contribution in [0.1, 0.15) is 30.1 Å². The number of nitrogens with zero attached hydrogens (tertiary/aromatic N) is 2. The highest BCUT2D eigenvalue weighted by atomic mass is 19.1. The summed E-state index contributed by atoms with van der Waals surface area (Å²) in [5, 5.41) is 13.8. The van der Waals surface area contributed by atoms with Gasteiger partial charge in [0.2, 0.25) is 5.88 Å². The number of fused-ring (bicyclic) bond motifs is 1. The van der Waals surface area contributed by atoms with E-state index in [1.807, 2.05) is 0 Å². The van der Waals surface area contributed by atoms with Crippen molar-refractivity contribution < 1.29 is 19.0 Å². The molecule has 1 unspecified atom stereocenters. The van der Waals surface area contributed by atoms with Crippen molar-refractivity contribution in [2.75, 3.05) is 6.61 Å². The first kappa shape index (κ1) is 14.6. The van der Waals surface area contributed by atoms with Crippen molar-refractivity contribution in [1.29, 1.82) is 0 Å². The average molecular weight is 304 g/mol. The number of hydrogen-bond donors (Lipinski definition) is 1. The Balaban J connectivity index is 2.09.